The number of hydrogen-bond acceptors (Lipinski definition) is 3. The van der Waals surface area contributed by atoms with Crippen molar-refractivity contribution in [1.82, 2.24) is 0 Å². The van der Waals surface area contributed by atoms with Gasteiger partial charge in [-0.15, -0.1) is 0 Å². The van der Waals surface area contributed by atoms with E-state index in [2.05, 4.69) is 28.1 Å². The van der Waals surface area contributed by atoms with Gasteiger partial charge in [-0.2, -0.15) is 0 Å². The van der Waals surface area contributed by atoms with Crippen molar-refractivity contribution >= 4 is 27.7 Å². The minimum atomic E-state index is -0.536. The Morgan fingerprint density at radius 1 is 1.04 bits per heavy atom. The van der Waals surface area contributed by atoms with Crippen LogP contribution >= 0.6 is 15.9 Å². The molecular formula is C22H29BrO3. The van der Waals surface area contributed by atoms with Gasteiger partial charge in [-0.1, -0.05) is 47.1 Å². The Morgan fingerprint density at radius 3 is 1.96 bits per heavy atom. The molecule has 3 fully saturated rings. The predicted octanol–water partition coefficient (Wildman–Crippen LogP) is 5.44. The molecule has 1 aromatic carbocycles. The first kappa shape index (κ1) is 19.6. The highest BCUT2D eigenvalue weighted by atomic mass is 79.9. The third-order valence-electron chi connectivity index (χ3n) is 7.08. The number of esters is 1. The molecule has 0 saturated heterocycles. The molecular weight excluding hydrogens is 392 g/mol. The molecule has 0 spiro atoms. The maximum Gasteiger partial charge on any atom is 0.308 e. The van der Waals surface area contributed by atoms with Gasteiger partial charge in [0.15, 0.2) is 5.78 Å². The molecule has 1 atom stereocenters. The molecule has 0 aliphatic heterocycles. The number of rotatable bonds is 5. The zero-order valence-electron chi connectivity index (χ0n) is 16.2. The van der Waals surface area contributed by atoms with E-state index in [1.54, 1.807) is 0 Å². The fourth-order valence-electron chi connectivity index (χ4n) is 5.04. The average Bonchev–Trinajstić information content (AvgIpc) is 2.67. The van der Waals surface area contributed by atoms with Crippen molar-refractivity contribution in [2.24, 2.45) is 11.3 Å². The molecule has 26 heavy (non-hydrogen) atoms. The van der Waals surface area contributed by atoms with Crippen LogP contribution in [0.15, 0.2) is 24.3 Å². The van der Waals surface area contributed by atoms with Crippen LogP contribution < -0.4 is 0 Å². The van der Waals surface area contributed by atoms with Crippen LogP contribution in [0.1, 0.15) is 75.2 Å². The van der Waals surface area contributed by atoms with Crippen molar-refractivity contribution in [3.05, 3.63) is 35.4 Å². The minimum Gasteiger partial charge on any atom is -0.469 e. The Bertz CT molecular complexity index is 675. The van der Waals surface area contributed by atoms with Crippen LogP contribution in [0.4, 0.5) is 0 Å². The van der Waals surface area contributed by atoms with Gasteiger partial charge in [0.25, 0.3) is 0 Å². The van der Waals surface area contributed by atoms with Crippen LogP contribution in [0.5, 0.6) is 0 Å². The standard InChI is InChI=1S/C22H29BrO3/c1-15(19(25)26-4)21-9-12-22(13-10-21,14-11-21)17-7-5-16(6-8-17)18(24)20(2,3)23/h5-8,15H,9-14H2,1-4H3. The number of alkyl halides is 1. The lowest BCUT2D eigenvalue weighted by Gasteiger charge is -2.55. The molecule has 3 aliphatic carbocycles. The van der Waals surface area contributed by atoms with E-state index in [0.717, 1.165) is 44.1 Å². The highest BCUT2D eigenvalue weighted by Crippen LogP contribution is 2.60. The van der Waals surface area contributed by atoms with Gasteiger partial charge < -0.3 is 4.74 Å². The Morgan fingerprint density at radius 2 is 1.54 bits per heavy atom. The maximum absolute atomic E-state index is 12.4. The average molecular weight is 421 g/mol. The summed E-state index contributed by atoms with van der Waals surface area (Å²) in [5.74, 6) is 0.0198. The number of hydrogen-bond donors (Lipinski definition) is 0. The summed E-state index contributed by atoms with van der Waals surface area (Å²) in [6.45, 7) is 5.80. The number of Topliss-reactive ketones (excluding diaryl/α,β-unsaturated/α-hetero) is 1. The minimum absolute atomic E-state index is 0.0213. The molecule has 4 rings (SSSR count). The number of carbonyl (C=O) groups is 2. The summed E-state index contributed by atoms with van der Waals surface area (Å²) in [4.78, 5) is 24.5. The monoisotopic (exact) mass is 420 g/mol. The molecule has 3 nitrogen and oxygen atoms in total. The van der Waals surface area contributed by atoms with Crippen molar-refractivity contribution in [3.63, 3.8) is 0 Å². The van der Waals surface area contributed by atoms with Gasteiger partial charge in [0.2, 0.25) is 0 Å². The molecule has 142 valence electrons. The van der Waals surface area contributed by atoms with E-state index in [9.17, 15) is 9.59 Å². The SMILES string of the molecule is COC(=O)C(C)C12CCC(c3ccc(C(=O)C(C)(C)Br)cc3)(CC1)CC2. The molecule has 3 saturated carbocycles. The highest BCUT2D eigenvalue weighted by Gasteiger charge is 2.53. The van der Waals surface area contributed by atoms with Crippen LogP contribution in [0.3, 0.4) is 0 Å². The quantitative estimate of drug-likeness (QED) is 0.361. The number of ketones is 1. The summed E-state index contributed by atoms with van der Waals surface area (Å²) in [5, 5.41) is 0. The third kappa shape index (κ3) is 3.26. The van der Waals surface area contributed by atoms with E-state index < -0.39 is 4.32 Å². The first-order valence-corrected chi connectivity index (χ1v) is 10.3. The van der Waals surface area contributed by atoms with Crippen LogP contribution in [0, 0.1) is 11.3 Å². The van der Waals surface area contributed by atoms with Gasteiger partial charge in [0.05, 0.1) is 17.4 Å². The van der Waals surface area contributed by atoms with Crippen molar-refractivity contribution in [3.8, 4) is 0 Å². The molecule has 0 radical (unpaired) electrons. The van der Waals surface area contributed by atoms with Crippen LogP contribution in [0.25, 0.3) is 0 Å². The largest absolute Gasteiger partial charge is 0.469 e. The fraction of sp³-hybridized carbons (Fsp3) is 0.636. The van der Waals surface area contributed by atoms with Crippen LogP contribution in [-0.2, 0) is 14.9 Å². The Labute approximate surface area is 165 Å². The van der Waals surface area contributed by atoms with E-state index in [1.165, 1.54) is 12.7 Å². The highest BCUT2D eigenvalue weighted by molar-refractivity contribution is 9.10. The lowest BCUT2D eigenvalue weighted by molar-refractivity contribution is -0.153. The van der Waals surface area contributed by atoms with Crippen molar-refractivity contribution < 1.29 is 14.3 Å². The lowest BCUT2D eigenvalue weighted by atomic mass is 9.49. The smallest absolute Gasteiger partial charge is 0.308 e. The Kier molecular flexibility index (Phi) is 5.11. The number of fused-ring (bicyclic) bond motifs is 3. The van der Waals surface area contributed by atoms with Gasteiger partial charge in [-0.3, -0.25) is 9.59 Å². The van der Waals surface area contributed by atoms with E-state index in [1.807, 2.05) is 32.9 Å². The third-order valence-corrected chi connectivity index (χ3v) is 7.44. The van der Waals surface area contributed by atoms with E-state index in [4.69, 9.17) is 4.74 Å². The molecule has 0 amide bonds. The van der Waals surface area contributed by atoms with Crippen LogP contribution in [-0.4, -0.2) is 23.2 Å². The maximum atomic E-state index is 12.4. The van der Waals surface area contributed by atoms with Gasteiger partial charge in [0.1, 0.15) is 0 Å². The number of halogens is 1. The second-order valence-corrected chi connectivity index (χ2v) is 10.7. The summed E-state index contributed by atoms with van der Waals surface area (Å²) in [6, 6.07) is 8.24. The molecule has 0 heterocycles. The number of ether oxygens (including phenoxy) is 1. The van der Waals surface area contributed by atoms with Gasteiger partial charge in [-0.25, -0.2) is 0 Å². The first-order valence-electron chi connectivity index (χ1n) is 9.56. The van der Waals surface area contributed by atoms with Crippen molar-refractivity contribution in [2.45, 2.75) is 69.0 Å². The molecule has 1 unspecified atom stereocenters. The molecule has 3 aliphatic rings. The summed E-state index contributed by atoms with van der Waals surface area (Å²) < 4.78 is 4.47. The number of benzene rings is 1. The second-order valence-electron chi connectivity index (χ2n) is 8.77. The summed E-state index contributed by atoms with van der Waals surface area (Å²) in [5.41, 5.74) is 2.43. The van der Waals surface area contributed by atoms with E-state index in [-0.39, 0.29) is 28.5 Å². The molecule has 2 bridgehead atoms. The molecule has 4 heteroatoms. The predicted molar refractivity (Wildman–Crippen MR) is 107 cm³/mol. The van der Waals surface area contributed by atoms with Crippen molar-refractivity contribution in [1.29, 1.82) is 0 Å². The zero-order chi connectivity index (χ0) is 19.2. The fourth-order valence-corrected chi connectivity index (χ4v) is 5.27. The summed E-state index contributed by atoms with van der Waals surface area (Å²) in [6.07, 6.45) is 6.60. The first-order chi connectivity index (χ1) is 12.1. The number of methoxy groups -OCH3 is 1. The van der Waals surface area contributed by atoms with Crippen molar-refractivity contribution in [2.75, 3.05) is 7.11 Å². The Hall–Kier alpha value is -1.16. The number of carbonyl (C=O) groups excluding carboxylic acids is 2. The van der Waals surface area contributed by atoms with E-state index >= 15 is 0 Å². The Balaban J connectivity index is 1.77. The normalized spacial score (nSPS) is 29.3. The molecule has 0 N–H and O–H groups in total. The second kappa shape index (κ2) is 6.78. The van der Waals surface area contributed by atoms with Crippen LogP contribution in [0.2, 0.25) is 0 Å². The van der Waals surface area contributed by atoms with Gasteiger partial charge in [-0.05, 0) is 68.8 Å². The lowest BCUT2D eigenvalue weighted by Crippen LogP contribution is -2.48. The topological polar surface area (TPSA) is 43.4 Å². The van der Waals surface area contributed by atoms with Gasteiger partial charge in [0, 0.05) is 5.56 Å². The zero-order valence-corrected chi connectivity index (χ0v) is 17.8. The molecule has 1 aromatic rings. The summed E-state index contributed by atoms with van der Waals surface area (Å²) >= 11 is 3.46. The van der Waals surface area contributed by atoms with Gasteiger partial charge >= 0.3 is 5.97 Å². The molecule has 0 aromatic heterocycles. The summed E-state index contributed by atoms with van der Waals surface area (Å²) in [7, 11) is 1.49. The van der Waals surface area contributed by atoms with E-state index in [0.29, 0.717) is 0 Å².